The molecule has 6 nitrogen and oxygen atoms in total. The highest BCUT2D eigenvalue weighted by atomic mass is 19.4. The van der Waals surface area contributed by atoms with Gasteiger partial charge in [0, 0.05) is 33.9 Å². The zero-order valence-corrected chi connectivity index (χ0v) is 28.1. The number of ether oxygens (including phenoxy) is 2. The van der Waals surface area contributed by atoms with Crippen molar-refractivity contribution in [3.8, 4) is 23.0 Å². The number of anilines is 4. The third-order valence-corrected chi connectivity index (χ3v) is 7.75. The molecule has 0 spiro atoms. The molecule has 57 heavy (non-hydrogen) atoms. The van der Waals surface area contributed by atoms with Gasteiger partial charge < -0.3 is 32.4 Å². The summed E-state index contributed by atoms with van der Waals surface area (Å²) in [5.74, 6) is -8.64. The van der Waals surface area contributed by atoms with Crippen molar-refractivity contribution in [1.29, 1.82) is 0 Å². The average molecular weight is 831 g/mol. The second kappa shape index (κ2) is 15.4. The fraction of sp³-hybridized carbons (Fsp3) is 0.167. The molecule has 8 N–H and O–H groups in total. The summed E-state index contributed by atoms with van der Waals surface area (Å²) in [6.07, 6.45) is -20.8. The highest BCUT2D eigenvalue weighted by molar-refractivity contribution is 5.56. The summed E-state index contributed by atoms with van der Waals surface area (Å²) >= 11 is 0. The molecule has 0 saturated heterocycles. The largest absolute Gasteiger partial charge is 0.457 e. The van der Waals surface area contributed by atoms with Gasteiger partial charge in [-0.05, 0) is 78.9 Å². The van der Waals surface area contributed by atoms with E-state index in [0.29, 0.717) is 60.7 Å². The van der Waals surface area contributed by atoms with Crippen LogP contribution >= 0.6 is 0 Å². The van der Waals surface area contributed by atoms with Gasteiger partial charge in [0.25, 0.3) is 0 Å². The standard InChI is InChI=1S/C29H18F12N2O2.C7H7F3N2/c30-25(28(37,38)29(39,40)41,15-1-7-19(8-2-15)44-23-11-5-17(42)13-21(23)26(31,32)33)16-3-9-20(10-4-16)45-24-12-6-18(43)14-22(24)27(34,35)36;8-7(9,10)5-3-4(11)1-2-6(5)12/h1-14H,42-43H2;1-3H,11-12H2. The summed E-state index contributed by atoms with van der Waals surface area (Å²) in [7, 11) is 0. The van der Waals surface area contributed by atoms with E-state index in [-0.39, 0.29) is 22.7 Å². The molecular weight excluding hydrogens is 805 g/mol. The Kier molecular flexibility index (Phi) is 11.8. The Labute approximate surface area is 311 Å². The molecule has 0 saturated carbocycles. The van der Waals surface area contributed by atoms with Crippen LogP contribution in [0.5, 0.6) is 23.0 Å². The number of rotatable bonds is 7. The highest BCUT2D eigenvalue weighted by Crippen LogP contribution is 2.55. The summed E-state index contributed by atoms with van der Waals surface area (Å²) in [4.78, 5) is 0. The molecule has 0 aliphatic carbocycles. The number of hydrogen-bond donors (Lipinski definition) is 4. The molecule has 0 aliphatic rings. The number of hydrogen-bond acceptors (Lipinski definition) is 6. The van der Waals surface area contributed by atoms with Gasteiger partial charge in [-0.2, -0.15) is 61.5 Å². The first-order valence-electron chi connectivity index (χ1n) is 15.4. The van der Waals surface area contributed by atoms with Crippen molar-refractivity contribution in [3.63, 3.8) is 0 Å². The predicted octanol–water partition coefficient (Wildman–Crippen LogP) is 11.8. The van der Waals surface area contributed by atoms with Gasteiger partial charge in [0.05, 0.1) is 5.56 Å². The third kappa shape index (κ3) is 9.63. The molecule has 0 radical (unpaired) electrons. The Hall–Kier alpha value is -6.15. The summed E-state index contributed by atoms with van der Waals surface area (Å²) in [6, 6.07) is 12.7. The van der Waals surface area contributed by atoms with Crippen LogP contribution in [0.2, 0.25) is 0 Å². The SMILES string of the molecule is Nc1ccc(N)c(C(F)(F)F)c1.Nc1ccc(Oc2ccc(C(F)(c3ccc(Oc4ccc(N)cc4C(F)(F)F)cc3)C(F)(F)C(F)(F)F)cc2)c(C(F)(F)F)c1. The van der Waals surface area contributed by atoms with E-state index in [0.717, 1.165) is 36.4 Å². The number of benzene rings is 5. The molecule has 0 aromatic heterocycles. The fourth-order valence-corrected chi connectivity index (χ4v) is 5.02. The van der Waals surface area contributed by atoms with E-state index in [1.54, 1.807) is 0 Å². The summed E-state index contributed by atoms with van der Waals surface area (Å²) < 4.78 is 213. The second-order valence-corrected chi connectivity index (χ2v) is 11.8. The van der Waals surface area contributed by atoms with Crippen LogP contribution in [-0.2, 0) is 24.2 Å². The van der Waals surface area contributed by atoms with Crippen molar-refractivity contribution < 1.29 is 75.3 Å². The normalized spacial score (nSPS) is 12.8. The molecule has 0 unspecified atom stereocenters. The van der Waals surface area contributed by atoms with Crippen molar-refractivity contribution in [1.82, 2.24) is 0 Å². The lowest BCUT2D eigenvalue weighted by molar-refractivity contribution is -0.323. The number of nitrogen functional groups attached to an aromatic ring is 4. The molecule has 0 atom stereocenters. The van der Waals surface area contributed by atoms with Crippen LogP contribution < -0.4 is 32.4 Å². The van der Waals surface area contributed by atoms with Gasteiger partial charge in [-0.25, -0.2) is 4.39 Å². The van der Waals surface area contributed by atoms with Crippen LogP contribution in [-0.4, -0.2) is 12.1 Å². The van der Waals surface area contributed by atoms with Crippen LogP contribution in [0.3, 0.4) is 0 Å². The first-order valence-corrected chi connectivity index (χ1v) is 15.4. The molecule has 0 bridgehead atoms. The van der Waals surface area contributed by atoms with Gasteiger partial charge >= 0.3 is 30.6 Å². The Bertz CT molecular complexity index is 2070. The minimum absolute atomic E-state index is 0.0523. The van der Waals surface area contributed by atoms with Crippen LogP contribution in [0.15, 0.2) is 103 Å². The van der Waals surface area contributed by atoms with Gasteiger partial charge in [-0.15, -0.1) is 0 Å². The number of alkyl halides is 15. The van der Waals surface area contributed by atoms with E-state index in [1.807, 2.05) is 0 Å². The molecule has 0 aliphatic heterocycles. The lowest BCUT2D eigenvalue weighted by Gasteiger charge is -2.35. The summed E-state index contributed by atoms with van der Waals surface area (Å²) in [5, 5.41) is 0. The fourth-order valence-electron chi connectivity index (χ4n) is 5.02. The monoisotopic (exact) mass is 830 g/mol. The van der Waals surface area contributed by atoms with Gasteiger partial charge in [0.2, 0.25) is 5.67 Å². The lowest BCUT2D eigenvalue weighted by atomic mass is 9.82. The maximum atomic E-state index is 16.3. The van der Waals surface area contributed by atoms with Crippen molar-refractivity contribution in [3.05, 3.63) is 131 Å². The number of halogens is 15. The molecule has 5 aromatic rings. The Morgan fingerprint density at radius 1 is 0.368 bits per heavy atom. The smallest absolute Gasteiger partial charge is 0.457 e. The molecule has 306 valence electrons. The predicted molar refractivity (Wildman–Crippen MR) is 178 cm³/mol. The van der Waals surface area contributed by atoms with E-state index >= 15 is 4.39 Å². The summed E-state index contributed by atoms with van der Waals surface area (Å²) in [5.41, 5.74) is 9.49. The molecule has 21 heteroatoms. The molecule has 5 rings (SSSR count). The van der Waals surface area contributed by atoms with Crippen molar-refractivity contribution in [2.75, 3.05) is 22.9 Å². The van der Waals surface area contributed by atoms with Gasteiger partial charge in [-0.3, -0.25) is 0 Å². The minimum Gasteiger partial charge on any atom is -0.457 e. The molecule has 0 heterocycles. The van der Waals surface area contributed by atoms with Crippen LogP contribution in [0.1, 0.15) is 27.8 Å². The van der Waals surface area contributed by atoms with Gasteiger partial charge in [0.1, 0.15) is 34.1 Å². The first kappa shape index (κ1) is 43.6. The van der Waals surface area contributed by atoms with Crippen LogP contribution in [0.25, 0.3) is 0 Å². The zero-order chi connectivity index (χ0) is 42.9. The first-order chi connectivity index (χ1) is 26.1. The van der Waals surface area contributed by atoms with E-state index in [9.17, 15) is 61.5 Å². The molecule has 5 aromatic carbocycles. The molecule has 0 amide bonds. The second-order valence-electron chi connectivity index (χ2n) is 11.8. The average Bonchev–Trinajstić information content (AvgIpc) is 3.09. The molecule has 0 fully saturated rings. The van der Waals surface area contributed by atoms with Gasteiger partial charge in [0.15, 0.2) is 0 Å². The van der Waals surface area contributed by atoms with Crippen molar-refractivity contribution >= 4 is 22.7 Å². The quantitative estimate of drug-likeness (QED) is 0.0957. The maximum Gasteiger partial charge on any atom is 0.457 e. The Morgan fingerprint density at radius 3 is 0.982 bits per heavy atom. The van der Waals surface area contributed by atoms with Crippen LogP contribution in [0.4, 0.5) is 88.6 Å². The van der Waals surface area contributed by atoms with E-state index in [4.69, 9.17) is 32.4 Å². The minimum atomic E-state index is -6.46. The van der Waals surface area contributed by atoms with E-state index in [1.165, 1.54) is 6.07 Å². The highest BCUT2D eigenvalue weighted by Gasteiger charge is 2.72. The third-order valence-electron chi connectivity index (χ3n) is 7.75. The Morgan fingerprint density at radius 2 is 0.684 bits per heavy atom. The Balaban J connectivity index is 0.000000512. The van der Waals surface area contributed by atoms with E-state index < -0.39 is 87.1 Å². The van der Waals surface area contributed by atoms with Gasteiger partial charge in [-0.1, -0.05) is 24.3 Å². The van der Waals surface area contributed by atoms with Crippen molar-refractivity contribution in [2.24, 2.45) is 0 Å². The maximum absolute atomic E-state index is 16.3. The van der Waals surface area contributed by atoms with Crippen LogP contribution in [0, 0.1) is 0 Å². The van der Waals surface area contributed by atoms with E-state index in [2.05, 4.69) is 0 Å². The summed E-state index contributed by atoms with van der Waals surface area (Å²) in [6.45, 7) is 0. The molecular formula is C36H25F15N4O2. The zero-order valence-electron chi connectivity index (χ0n) is 28.1. The number of nitrogens with two attached hydrogens (primary N) is 4. The lowest BCUT2D eigenvalue weighted by Crippen LogP contribution is -2.53. The van der Waals surface area contributed by atoms with Crippen molar-refractivity contribution in [2.45, 2.75) is 36.3 Å². The topological polar surface area (TPSA) is 123 Å².